The molecule has 5 nitrogen and oxygen atoms in total. The van der Waals surface area contributed by atoms with Crippen LogP contribution in [0.1, 0.15) is 17.0 Å². The molecule has 0 amide bonds. The van der Waals surface area contributed by atoms with E-state index in [0.717, 1.165) is 17.0 Å². The third-order valence-corrected chi connectivity index (χ3v) is 2.04. The zero-order valence-electron chi connectivity index (χ0n) is 7.39. The van der Waals surface area contributed by atoms with Crippen LogP contribution < -0.4 is 11.0 Å². The largest absolute Gasteiger partial charge is 0.370 e. The van der Waals surface area contributed by atoms with Crippen LogP contribution in [-0.4, -0.2) is 17.0 Å². The quantitative estimate of drug-likeness (QED) is 0.646. The summed E-state index contributed by atoms with van der Waals surface area (Å²) in [5.41, 5.74) is 2.38. The van der Waals surface area contributed by atoms with Crippen LogP contribution in [0.2, 0.25) is 0 Å². The number of aromatic nitrogens is 2. The van der Waals surface area contributed by atoms with Gasteiger partial charge in [-0.2, -0.15) is 4.98 Å². The highest BCUT2D eigenvalue weighted by molar-refractivity contribution is 5.25. The molecule has 0 unspecified atom stereocenters. The summed E-state index contributed by atoms with van der Waals surface area (Å²) in [6.07, 6.45) is 0. The van der Waals surface area contributed by atoms with Crippen molar-refractivity contribution in [2.45, 2.75) is 19.8 Å². The molecule has 2 heterocycles. The first-order chi connectivity index (χ1) is 6.31. The van der Waals surface area contributed by atoms with E-state index in [9.17, 15) is 4.79 Å². The van der Waals surface area contributed by atoms with Gasteiger partial charge in [-0.05, 0) is 7.05 Å². The van der Waals surface area contributed by atoms with Crippen molar-refractivity contribution in [2.24, 2.45) is 0 Å². The SMILES string of the molecule is CNCc1nc(=O)[nH]c2c1COC2. The highest BCUT2D eigenvalue weighted by Crippen LogP contribution is 2.18. The van der Waals surface area contributed by atoms with E-state index >= 15 is 0 Å². The van der Waals surface area contributed by atoms with Gasteiger partial charge in [0.05, 0.1) is 24.6 Å². The molecule has 0 bridgehead atoms. The van der Waals surface area contributed by atoms with Crippen molar-refractivity contribution < 1.29 is 4.74 Å². The smallest absolute Gasteiger partial charge is 0.345 e. The molecule has 2 N–H and O–H groups in total. The van der Waals surface area contributed by atoms with Gasteiger partial charge in [0.2, 0.25) is 0 Å². The summed E-state index contributed by atoms with van der Waals surface area (Å²) in [6.45, 7) is 1.65. The second-order valence-corrected chi connectivity index (χ2v) is 2.97. The number of hydrogen-bond acceptors (Lipinski definition) is 4. The summed E-state index contributed by atoms with van der Waals surface area (Å²) in [7, 11) is 1.82. The summed E-state index contributed by atoms with van der Waals surface area (Å²) >= 11 is 0. The lowest BCUT2D eigenvalue weighted by Crippen LogP contribution is -2.20. The molecule has 0 fully saturated rings. The van der Waals surface area contributed by atoms with Crippen LogP contribution in [0.5, 0.6) is 0 Å². The summed E-state index contributed by atoms with van der Waals surface area (Å²) in [4.78, 5) is 17.6. The molecule has 2 rings (SSSR count). The van der Waals surface area contributed by atoms with Crippen LogP contribution in [-0.2, 0) is 24.5 Å². The van der Waals surface area contributed by atoms with Crippen molar-refractivity contribution in [3.63, 3.8) is 0 Å². The fourth-order valence-electron chi connectivity index (χ4n) is 1.46. The first-order valence-corrected chi connectivity index (χ1v) is 4.14. The number of H-pyrrole nitrogens is 1. The van der Waals surface area contributed by atoms with E-state index in [4.69, 9.17) is 4.74 Å². The van der Waals surface area contributed by atoms with Crippen LogP contribution in [0.25, 0.3) is 0 Å². The van der Waals surface area contributed by atoms with Gasteiger partial charge in [-0.3, -0.25) is 0 Å². The number of ether oxygens (including phenoxy) is 1. The molecule has 1 aromatic heterocycles. The van der Waals surface area contributed by atoms with E-state index in [1.54, 1.807) is 0 Å². The average molecular weight is 181 g/mol. The van der Waals surface area contributed by atoms with Crippen molar-refractivity contribution in [1.82, 2.24) is 15.3 Å². The van der Waals surface area contributed by atoms with E-state index < -0.39 is 0 Å². The number of rotatable bonds is 2. The Kier molecular flexibility index (Phi) is 2.12. The van der Waals surface area contributed by atoms with Crippen molar-refractivity contribution in [3.8, 4) is 0 Å². The number of aromatic amines is 1. The number of fused-ring (bicyclic) bond motifs is 1. The Labute approximate surface area is 75.1 Å². The minimum Gasteiger partial charge on any atom is -0.370 e. The Balaban J connectivity index is 2.49. The molecule has 0 aromatic carbocycles. The summed E-state index contributed by atoms with van der Waals surface area (Å²) in [5.74, 6) is 0. The van der Waals surface area contributed by atoms with Crippen LogP contribution in [0.15, 0.2) is 4.79 Å². The maximum absolute atomic E-state index is 11.1. The van der Waals surface area contributed by atoms with Gasteiger partial charge in [-0.1, -0.05) is 0 Å². The first kappa shape index (κ1) is 8.40. The molecule has 13 heavy (non-hydrogen) atoms. The Morgan fingerprint density at radius 3 is 3.23 bits per heavy atom. The predicted octanol–water partition coefficient (Wildman–Crippen LogP) is -0.480. The number of nitrogens with zero attached hydrogens (tertiary/aromatic N) is 1. The molecular weight excluding hydrogens is 170 g/mol. The van der Waals surface area contributed by atoms with Crippen LogP contribution in [0.3, 0.4) is 0 Å². The normalized spacial score (nSPS) is 14.5. The molecule has 0 saturated carbocycles. The monoisotopic (exact) mass is 181 g/mol. The third kappa shape index (κ3) is 1.48. The molecule has 70 valence electrons. The van der Waals surface area contributed by atoms with Gasteiger partial charge in [-0.25, -0.2) is 4.79 Å². The van der Waals surface area contributed by atoms with Gasteiger partial charge < -0.3 is 15.0 Å². The molecule has 0 radical (unpaired) electrons. The molecule has 5 heteroatoms. The van der Waals surface area contributed by atoms with Gasteiger partial charge >= 0.3 is 5.69 Å². The van der Waals surface area contributed by atoms with Gasteiger partial charge in [0, 0.05) is 12.1 Å². The Hall–Kier alpha value is -1.20. The van der Waals surface area contributed by atoms with E-state index in [0.29, 0.717) is 19.8 Å². The summed E-state index contributed by atoms with van der Waals surface area (Å²) in [5, 5.41) is 2.97. The predicted molar refractivity (Wildman–Crippen MR) is 46.1 cm³/mol. The van der Waals surface area contributed by atoms with Crippen molar-refractivity contribution in [1.29, 1.82) is 0 Å². The third-order valence-electron chi connectivity index (χ3n) is 2.04. The van der Waals surface area contributed by atoms with Crippen molar-refractivity contribution in [3.05, 3.63) is 27.4 Å². The molecule has 0 aliphatic carbocycles. The van der Waals surface area contributed by atoms with E-state index in [2.05, 4.69) is 15.3 Å². The lowest BCUT2D eigenvalue weighted by atomic mass is 10.2. The van der Waals surface area contributed by atoms with Crippen molar-refractivity contribution >= 4 is 0 Å². The van der Waals surface area contributed by atoms with Crippen LogP contribution >= 0.6 is 0 Å². The van der Waals surface area contributed by atoms with Crippen LogP contribution in [0.4, 0.5) is 0 Å². The van der Waals surface area contributed by atoms with Gasteiger partial charge in [0.25, 0.3) is 0 Å². The highest BCUT2D eigenvalue weighted by atomic mass is 16.5. The van der Waals surface area contributed by atoms with Crippen LogP contribution in [0, 0.1) is 0 Å². The second kappa shape index (κ2) is 3.27. The molecule has 0 atom stereocenters. The Bertz CT molecular complexity index is 372. The maximum atomic E-state index is 11.1. The fraction of sp³-hybridized carbons (Fsp3) is 0.500. The van der Waals surface area contributed by atoms with E-state index in [1.165, 1.54) is 0 Å². The second-order valence-electron chi connectivity index (χ2n) is 2.97. The topological polar surface area (TPSA) is 67.0 Å². The van der Waals surface area contributed by atoms with E-state index in [-0.39, 0.29) is 5.69 Å². The lowest BCUT2D eigenvalue weighted by Gasteiger charge is -2.03. The zero-order valence-corrected chi connectivity index (χ0v) is 7.39. The van der Waals surface area contributed by atoms with E-state index in [1.807, 2.05) is 7.05 Å². The minimum atomic E-state index is -0.297. The number of hydrogen-bond donors (Lipinski definition) is 2. The first-order valence-electron chi connectivity index (χ1n) is 4.14. The average Bonchev–Trinajstić information content (AvgIpc) is 2.52. The molecular formula is C8H11N3O2. The maximum Gasteiger partial charge on any atom is 0.345 e. The molecule has 0 spiro atoms. The molecule has 1 aromatic rings. The number of nitrogens with one attached hydrogen (secondary N) is 2. The standard InChI is InChI=1S/C8H11N3O2/c1-9-2-6-5-3-13-4-7(5)11-8(12)10-6/h9H,2-4H2,1H3,(H,10,11,12). The van der Waals surface area contributed by atoms with Gasteiger partial charge in [0.1, 0.15) is 0 Å². The minimum absolute atomic E-state index is 0.297. The molecule has 0 saturated heterocycles. The molecule has 1 aliphatic heterocycles. The Morgan fingerprint density at radius 2 is 2.46 bits per heavy atom. The summed E-state index contributed by atoms with van der Waals surface area (Å²) < 4.78 is 5.22. The lowest BCUT2D eigenvalue weighted by molar-refractivity contribution is 0.132. The van der Waals surface area contributed by atoms with Gasteiger partial charge in [0.15, 0.2) is 0 Å². The van der Waals surface area contributed by atoms with Crippen molar-refractivity contribution in [2.75, 3.05) is 7.05 Å². The molecule has 1 aliphatic rings. The summed E-state index contributed by atoms with van der Waals surface area (Å²) in [6, 6.07) is 0. The zero-order chi connectivity index (χ0) is 9.26. The highest BCUT2D eigenvalue weighted by Gasteiger charge is 2.17. The van der Waals surface area contributed by atoms with Gasteiger partial charge in [-0.15, -0.1) is 0 Å². The Morgan fingerprint density at radius 1 is 1.62 bits per heavy atom. The fourth-order valence-corrected chi connectivity index (χ4v) is 1.46.